The fourth-order valence-corrected chi connectivity index (χ4v) is 3.64. The molecule has 3 aromatic heterocycles. The van der Waals surface area contributed by atoms with Gasteiger partial charge in [-0.05, 0) is 25.1 Å². The minimum Gasteiger partial charge on any atom is -0.487 e. The molecule has 1 aliphatic rings. The Morgan fingerprint density at radius 3 is 2.79 bits per heavy atom. The van der Waals surface area contributed by atoms with Crippen LogP contribution in [0.15, 0.2) is 42.7 Å². The number of ether oxygens (including phenoxy) is 1. The quantitative estimate of drug-likeness (QED) is 0.661. The van der Waals surface area contributed by atoms with E-state index >= 15 is 0 Å². The molecule has 3 aromatic rings. The molecule has 3 heterocycles. The molecule has 152 valence electrons. The van der Waals surface area contributed by atoms with E-state index in [0.717, 1.165) is 5.69 Å². The largest absolute Gasteiger partial charge is 0.487 e. The van der Waals surface area contributed by atoms with Crippen molar-refractivity contribution in [2.75, 3.05) is 6.61 Å². The van der Waals surface area contributed by atoms with Crippen LogP contribution in [0.4, 0.5) is 8.78 Å². The molecule has 1 amide bonds. The molecule has 0 spiro atoms. The Morgan fingerprint density at radius 2 is 2.14 bits per heavy atom. The molecule has 0 aromatic carbocycles. The van der Waals surface area contributed by atoms with E-state index in [4.69, 9.17) is 4.74 Å². The lowest BCUT2D eigenvalue weighted by atomic mass is 9.73. The molecule has 4 rings (SSSR count). The molecular weight excluding hydrogens is 382 g/mol. The molecule has 0 radical (unpaired) electrons. The summed E-state index contributed by atoms with van der Waals surface area (Å²) in [5.74, 6) is -2.91. The summed E-state index contributed by atoms with van der Waals surface area (Å²) < 4.78 is 33.9. The molecule has 0 saturated heterocycles. The van der Waals surface area contributed by atoms with Gasteiger partial charge in [-0.1, -0.05) is 6.07 Å². The summed E-state index contributed by atoms with van der Waals surface area (Å²) >= 11 is 0. The van der Waals surface area contributed by atoms with Gasteiger partial charge in [0.2, 0.25) is 0 Å². The van der Waals surface area contributed by atoms with Crippen LogP contribution in [-0.4, -0.2) is 43.7 Å². The van der Waals surface area contributed by atoms with Crippen molar-refractivity contribution in [2.24, 2.45) is 0 Å². The summed E-state index contributed by atoms with van der Waals surface area (Å²) in [6.07, 6.45) is 2.16. The van der Waals surface area contributed by atoms with Gasteiger partial charge in [0.25, 0.3) is 11.8 Å². The summed E-state index contributed by atoms with van der Waals surface area (Å²) in [5.41, 5.74) is 0.636. The predicted molar refractivity (Wildman–Crippen MR) is 100.0 cm³/mol. The number of hydrogen-bond donors (Lipinski definition) is 2. The molecule has 2 N–H and O–H groups in total. The maximum atomic E-state index is 13.3. The minimum absolute atomic E-state index is 0.258. The van der Waals surface area contributed by atoms with Crippen LogP contribution in [0.3, 0.4) is 0 Å². The van der Waals surface area contributed by atoms with Crippen molar-refractivity contribution in [3.63, 3.8) is 0 Å². The van der Waals surface area contributed by atoms with Crippen LogP contribution in [0.1, 0.15) is 34.6 Å². The van der Waals surface area contributed by atoms with E-state index in [9.17, 15) is 18.7 Å². The van der Waals surface area contributed by atoms with Crippen LogP contribution in [0.5, 0.6) is 5.75 Å². The number of pyridine rings is 2. The topological polar surface area (TPSA) is 88.8 Å². The maximum Gasteiger partial charge on any atom is 0.255 e. The van der Waals surface area contributed by atoms with Gasteiger partial charge in [0.05, 0.1) is 34.6 Å². The van der Waals surface area contributed by atoms with Crippen LogP contribution in [0, 0.1) is 6.92 Å². The highest BCUT2D eigenvalue weighted by atomic mass is 19.3. The van der Waals surface area contributed by atoms with Gasteiger partial charge in [-0.2, -0.15) is 5.10 Å². The number of nitrogens with zero attached hydrogens (tertiary/aromatic N) is 3. The molecule has 0 unspecified atom stereocenters. The number of nitrogens with one attached hydrogen (secondary N) is 1. The Kier molecular flexibility index (Phi) is 4.70. The maximum absolute atomic E-state index is 13.3. The standard InChI is InChI=1S/C20H20F2N4O3/c1-13-17(18(28)24-19(12-27)10-20(21,22)11-19)16-8-15(5-7-26(16)25-13)29-9-14-4-2-3-6-23-14/h2-8,27H,9-12H2,1H3,(H,24,28). The molecule has 29 heavy (non-hydrogen) atoms. The molecular formula is C20H20F2N4O3. The fourth-order valence-electron chi connectivity index (χ4n) is 3.64. The second-order valence-electron chi connectivity index (χ2n) is 7.36. The lowest BCUT2D eigenvalue weighted by molar-refractivity contribution is -0.143. The zero-order valence-corrected chi connectivity index (χ0v) is 15.7. The molecule has 0 bridgehead atoms. The number of carbonyl (C=O) groups is 1. The summed E-state index contributed by atoms with van der Waals surface area (Å²) in [4.78, 5) is 17.0. The molecule has 0 aliphatic heterocycles. The number of aryl methyl sites for hydroxylation is 1. The van der Waals surface area contributed by atoms with Crippen LogP contribution < -0.4 is 10.1 Å². The van der Waals surface area contributed by atoms with Crippen molar-refractivity contribution in [3.8, 4) is 5.75 Å². The second kappa shape index (κ2) is 7.07. The van der Waals surface area contributed by atoms with E-state index < -0.39 is 36.8 Å². The Balaban J connectivity index is 1.57. The summed E-state index contributed by atoms with van der Waals surface area (Å²) in [6.45, 7) is 1.37. The van der Waals surface area contributed by atoms with Crippen molar-refractivity contribution in [1.82, 2.24) is 19.9 Å². The third-order valence-corrected chi connectivity index (χ3v) is 5.00. The van der Waals surface area contributed by atoms with Gasteiger partial charge in [-0.3, -0.25) is 9.78 Å². The average molecular weight is 402 g/mol. The number of alkyl halides is 2. The molecule has 9 heteroatoms. The van der Waals surface area contributed by atoms with Crippen LogP contribution in [0.2, 0.25) is 0 Å². The summed E-state index contributed by atoms with van der Waals surface area (Å²) in [6, 6.07) is 8.89. The zero-order valence-electron chi connectivity index (χ0n) is 15.7. The number of carbonyl (C=O) groups excluding carboxylic acids is 1. The molecule has 0 atom stereocenters. The molecule has 1 saturated carbocycles. The van der Waals surface area contributed by atoms with E-state index in [-0.39, 0.29) is 12.2 Å². The first-order valence-electron chi connectivity index (χ1n) is 9.14. The van der Waals surface area contributed by atoms with Gasteiger partial charge in [0.15, 0.2) is 0 Å². The van der Waals surface area contributed by atoms with Crippen molar-refractivity contribution in [1.29, 1.82) is 0 Å². The highest BCUT2D eigenvalue weighted by molar-refractivity contribution is 6.02. The highest BCUT2D eigenvalue weighted by Crippen LogP contribution is 2.45. The van der Waals surface area contributed by atoms with Gasteiger partial charge >= 0.3 is 0 Å². The molecule has 1 fully saturated rings. The average Bonchev–Trinajstić information content (AvgIpc) is 3.00. The Labute approximate surface area is 165 Å². The van der Waals surface area contributed by atoms with E-state index in [1.54, 1.807) is 31.5 Å². The third kappa shape index (κ3) is 3.77. The van der Waals surface area contributed by atoms with E-state index in [1.807, 2.05) is 18.2 Å². The fraction of sp³-hybridized carbons (Fsp3) is 0.350. The van der Waals surface area contributed by atoms with Crippen LogP contribution in [0.25, 0.3) is 5.52 Å². The zero-order chi connectivity index (χ0) is 20.6. The van der Waals surface area contributed by atoms with Gasteiger partial charge in [0, 0.05) is 31.3 Å². The van der Waals surface area contributed by atoms with Crippen molar-refractivity contribution in [3.05, 3.63) is 59.7 Å². The van der Waals surface area contributed by atoms with Crippen molar-refractivity contribution < 1.29 is 23.4 Å². The van der Waals surface area contributed by atoms with E-state index in [1.165, 1.54) is 4.52 Å². The Hall–Kier alpha value is -3.07. The lowest BCUT2D eigenvalue weighted by Crippen LogP contribution is -2.64. The smallest absolute Gasteiger partial charge is 0.255 e. The SMILES string of the molecule is Cc1nn2ccc(OCc3ccccn3)cc2c1C(=O)NC1(CO)CC(F)(F)C1. The van der Waals surface area contributed by atoms with Crippen molar-refractivity contribution in [2.45, 2.75) is 37.8 Å². The van der Waals surface area contributed by atoms with Gasteiger partial charge < -0.3 is 15.2 Å². The van der Waals surface area contributed by atoms with Gasteiger partial charge in [-0.15, -0.1) is 0 Å². The van der Waals surface area contributed by atoms with Gasteiger partial charge in [-0.25, -0.2) is 13.3 Å². The Morgan fingerprint density at radius 1 is 1.34 bits per heavy atom. The molecule has 7 nitrogen and oxygen atoms in total. The minimum atomic E-state index is -2.88. The second-order valence-corrected chi connectivity index (χ2v) is 7.36. The normalized spacial score (nSPS) is 17.0. The molecule has 1 aliphatic carbocycles. The first-order chi connectivity index (χ1) is 13.8. The first-order valence-corrected chi connectivity index (χ1v) is 9.14. The number of fused-ring (bicyclic) bond motifs is 1. The van der Waals surface area contributed by atoms with Gasteiger partial charge in [0.1, 0.15) is 12.4 Å². The van der Waals surface area contributed by atoms with Crippen LogP contribution >= 0.6 is 0 Å². The van der Waals surface area contributed by atoms with Crippen molar-refractivity contribution >= 4 is 11.4 Å². The summed E-state index contributed by atoms with van der Waals surface area (Å²) in [7, 11) is 0. The van der Waals surface area contributed by atoms with Crippen LogP contribution in [-0.2, 0) is 6.61 Å². The number of aromatic nitrogens is 3. The monoisotopic (exact) mass is 402 g/mol. The predicted octanol–water partition coefficient (Wildman–Crippen LogP) is 2.51. The number of rotatable bonds is 6. The number of aliphatic hydroxyl groups excluding tert-OH is 1. The number of halogens is 2. The van der Waals surface area contributed by atoms with E-state index in [2.05, 4.69) is 15.4 Å². The Bertz CT molecular complexity index is 1040. The third-order valence-electron chi connectivity index (χ3n) is 5.00. The highest BCUT2D eigenvalue weighted by Gasteiger charge is 2.57. The summed E-state index contributed by atoms with van der Waals surface area (Å²) in [5, 5.41) is 16.4. The lowest BCUT2D eigenvalue weighted by Gasteiger charge is -2.46. The number of aliphatic hydroxyl groups is 1. The first kappa shape index (κ1) is 19.3. The number of amides is 1. The van der Waals surface area contributed by atoms with E-state index in [0.29, 0.717) is 17.0 Å². The number of hydrogen-bond acceptors (Lipinski definition) is 5.